The molecule has 11 unspecified atom stereocenters. The first-order chi connectivity index (χ1) is 21.1. The molecule has 1 aromatic rings. The first-order valence-corrected chi connectivity index (χ1v) is 19.1. The van der Waals surface area contributed by atoms with Gasteiger partial charge in [-0.15, -0.1) is 23.4 Å². The number of aryl methyl sites for hydroxylation is 2. The van der Waals surface area contributed by atoms with Gasteiger partial charge in [0.25, 0.3) is 5.56 Å². The molecule has 246 valence electrons. The van der Waals surface area contributed by atoms with Crippen LogP contribution in [0.4, 0.5) is 0 Å². The van der Waals surface area contributed by atoms with Gasteiger partial charge in [-0.3, -0.25) is 14.2 Å². The molecule has 12 heteroatoms. The standard InChI is InChI=1S/C32H50ClN5O4S2/c1-17-11-24(30-29(35-17)26(16-43-30)32(40)41)23-12-20(33)5-8-28(23)42-10-9-38-18(2)36-27-7-6-21(13-25(27)31(38)39)37(4)15-22-14-34-19(3)44-22/h17,19-24,26,28-30,34-35H,5-16H2,1-4H3,(H,40,41). The molecule has 0 amide bonds. The lowest BCUT2D eigenvalue weighted by atomic mass is 9.70. The number of fused-ring (bicyclic) bond motifs is 2. The number of nitrogens with one attached hydrogen (secondary N) is 2. The molecule has 3 N–H and O–H groups in total. The van der Waals surface area contributed by atoms with Crippen molar-refractivity contribution < 1.29 is 14.6 Å². The molecule has 1 saturated carbocycles. The molecule has 3 saturated heterocycles. The van der Waals surface area contributed by atoms with E-state index in [9.17, 15) is 14.7 Å². The lowest BCUT2D eigenvalue weighted by Gasteiger charge is -2.47. The minimum absolute atomic E-state index is 0.00887. The predicted molar refractivity (Wildman–Crippen MR) is 179 cm³/mol. The summed E-state index contributed by atoms with van der Waals surface area (Å²) in [7, 11) is 2.20. The molecule has 3 aliphatic heterocycles. The number of piperidine rings is 1. The molecule has 4 fully saturated rings. The van der Waals surface area contributed by atoms with E-state index in [-0.39, 0.29) is 46.2 Å². The number of halogens is 1. The largest absolute Gasteiger partial charge is 0.481 e. The lowest BCUT2D eigenvalue weighted by Crippen LogP contribution is -2.57. The van der Waals surface area contributed by atoms with E-state index in [4.69, 9.17) is 21.3 Å². The third-order valence-corrected chi connectivity index (χ3v) is 14.2. The number of hydrogen-bond donors (Lipinski definition) is 3. The summed E-state index contributed by atoms with van der Waals surface area (Å²) >= 11 is 10.6. The zero-order valence-electron chi connectivity index (χ0n) is 26.5. The maximum Gasteiger partial charge on any atom is 0.308 e. The minimum atomic E-state index is -0.700. The van der Waals surface area contributed by atoms with E-state index in [1.807, 2.05) is 35.0 Å². The Labute approximate surface area is 275 Å². The van der Waals surface area contributed by atoms with Gasteiger partial charge in [0.15, 0.2) is 0 Å². The summed E-state index contributed by atoms with van der Waals surface area (Å²) in [5.74, 6) is 1.03. The van der Waals surface area contributed by atoms with Crippen molar-refractivity contribution in [1.82, 2.24) is 25.1 Å². The van der Waals surface area contributed by atoms with Crippen molar-refractivity contribution in [1.29, 1.82) is 0 Å². The normalized spacial score (nSPS) is 38.9. The number of alkyl halides is 1. The SMILES string of the molecule is Cc1nc2c(c(=O)n1CCOC1CCC(Cl)CC1C1CC(C)NC3C(C(=O)O)CSC13)CC(N(C)CC1CNC(C)S1)CC2. The first-order valence-electron chi connectivity index (χ1n) is 16.6. The van der Waals surface area contributed by atoms with Gasteiger partial charge in [-0.1, -0.05) is 0 Å². The van der Waals surface area contributed by atoms with Gasteiger partial charge in [0.05, 0.1) is 36.2 Å². The average Bonchev–Trinajstić information content (AvgIpc) is 3.60. The fraction of sp³-hybridized carbons (Fsp3) is 0.844. The molecular formula is C32H50ClN5O4S2. The summed E-state index contributed by atoms with van der Waals surface area (Å²) in [5.41, 5.74) is 1.95. The highest BCUT2D eigenvalue weighted by molar-refractivity contribution is 8.00. The second kappa shape index (κ2) is 14.1. The van der Waals surface area contributed by atoms with Crippen LogP contribution in [0, 0.1) is 24.7 Å². The number of aliphatic carboxylic acids is 1. The molecule has 9 nitrogen and oxygen atoms in total. The molecule has 1 aromatic heterocycles. The van der Waals surface area contributed by atoms with E-state index >= 15 is 0 Å². The second-order valence-electron chi connectivity index (χ2n) is 13.9. The zero-order chi connectivity index (χ0) is 31.1. The summed E-state index contributed by atoms with van der Waals surface area (Å²) in [6, 6.07) is 0.615. The van der Waals surface area contributed by atoms with Gasteiger partial charge in [0.2, 0.25) is 0 Å². The molecule has 11 atom stereocenters. The maximum absolute atomic E-state index is 13.8. The Balaban J connectivity index is 1.11. The summed E-state index contributed by atoms with van der Waals surface area (Å²) in [6.45, 7) is 9.36. The van der Waals surface area contributed by atoms with Crippen molar-refractivity contribution in [3.8, 4) is 0 Å². The zero-order valence-corrected chi connectivity index (χ0v) is 28.9. The number of ether oxygens (including phenoxy) is 1. The number of hydrogen-bond acceptors (Lipinski definition) is 9. The average molecular weight is 668 g/mol. The summed E-state index contributed by atoms with van der Waals surface area (Å²) in [5, 5.41) is 18.5. The van der Waals surface area contributed by atoms with E-state index in [2.05, 4.69) is 36.4 Å². The van der Waals surface area contributed by atoms with Crippen LogP contribution in [-0.4, -0.2) is 104 Å². The molecule has 4 heterocycles. The smallest absolute Gasteiger partial charge is 0.308 e. The summed E-state index contributed by atoms with van der Waals surface area (Å²) in [6.07, 6.45) is 6.44. The molecule has 0 radical (unpaired) electrons. The third-order valence-electron chi connectivity index (χ3n) is 10.9. The highest BCUT2D eigenvalue weighted by Crippen LogP contribution is 2.48. The van der Waals surface area contributed by atoms with Crippen LogP contribution in [-0.2, 0) is 28.9 Å². The van der Waals surface area contributed by atoms with E-state index in [0.29, 0.717) is 41.5 Å². The predicted octanol–water partition coefficient (Wildman–Crippen LogP) is 3.37. The van der Waals surface area contributed by atoms with Crippen LogP contribution < -0.4 is 16.2 Å². The van der Waals surface area contributed by atoms with E-state index in [1.54, 1.807) is 0 Å². The van der Waals surface area contributed by atoms with Crippen molar-refractivity contribution in [2.75, 3.05) is 32.5 Å². The van der Waals surface area contributed by atoms with Crippen molar-refractivity contribution in [3.63, 3.8) is 0 Å². The topological polar surface area (TPSA) is 109 Å². The van der Waals surface area contributed by atoms with Crippen LogP contribution in [0.2, 0.25) is 0 Å². The second-order valence-corrected chi connectivity index (χ2v) is 17.4. The van der Waals surface area contributed by atoms with Crippen LogP contribution in [0.15, 0.2) is 4.79 Å². The summed E-state index contributed by atoms with van der Waals surface area (Å²) < 4.78 is 8.48. The minimum Gasteiger partial charge on any atom is -0.481 e. The number of likely N-dealkylation sites (N-methyl/N-ethyl adjacent to an activating group) is 1. The van der Waals surface area contributed by atoms with Gasteiger partial charge < -0.3 is 25.4 Å². The van der Waals surface area contributed by atoms with Crippen LogP contribution in [0.25, 0.3) is 0 Å². The number of aromatic nitrogens is 2. The Hall–Kier alpha value is -0.820. The Kier molecular flexibility index (Phi) is 10.6. The fourth-order valence-electron chi connectivity index (χ4n) is 8.62. The van der Waals surface area contributed by atoms with Crippen LogP contribution in [0.1, 0.15) is 63.0 Å². The first kappa shape index (κ1) is 33.1. The van der Waals surface area contributed by atoms with Gasteiger partial charge in [-0.05, 0) is 84.6 Å². The van der Waals surface area contributed by atoms with Crippen LogP contribution >= 0.6 is 35.1 Å². The van der Waals surface area contributed by atoms with Gasteiger partial charge in [-0.25, -0.2) is 4.98 Å². The molecule has 0 aromatic carbocycles. The van der Waals surface area contributed by atoms with Crippen molar-refractivity contribution in [3.05, 3.63) is 27.4 Å². The molecule has 6 rings (SSSR count). The number of thioether (sulfide) groups is 2. The van der Waals surface area contributed by atoms with Gasteiger partial charge >= 0.3 is 5.97 Å². The van der Waals surface area contributed by atoms with E-state index < -0.39 is 5.97 Å². The fourth-order valence-corrected chi connectivity index (χ4v) is 12.1. The molecule has 0 bridgehead atoms. The van der Waals surface area contributed by atoms with Crippen molar-refractivity contribution in [2.45, 2.75) is 118 Å². The monoisotopic (exact) mass is 667 g/mol. The summed E-state index contributed by atoms with van der Waals surface area (Å²) in [4.78, 5) is 33.2. The number of carbonyl (C=O) groups is 1. The van der Waals surface area contributed by atoms with Gasteiger partial charge in [0, 0.05) is 58.4 Å². The molecule has 2 aliphatic carbocycles. The molecular weight excluding hydrogens is 618 g/mol. The van der Waals surface area contributed by atoms with Gasteiger partial charge in [0.1, 0.15) is 5.82 Å². The number of rotatable bonds is 9. The highest BCUT2D eigenvalue weighted by atomic mass is 35.5. The van der Waals surface area contributed by atoms with Crippen molar-refractivity contribution >= 4 is 41.1 Å². The molecule has 5 aliphatic rings. The number of carboxylic acids is 1. The Morgan fingerprint density at radius 3 is 2.80 bits per heavy atom. The van der Waals surface area contributed by atoms with Gasteiger partial charge in [-0.2, -0.15) is 11.8 Å². The highest BCUT2D eigenvalue weighted by Gasteiger charge is 2.51. The van der Waals surface area contributed by atoms with Crippen LogP contribution in [0.3, 0.4) is 0 Å². The maximum atomic E-state index is 13.8. The number of carboxylic acid groups (broad SMARTS) is 1. The van der Waals surface area contributed by atoms with Crippen molar-refractivity contribution in [2.24, 2.45) is 17.8 Å². The lowest BCUT2D eigenvalue weighted by molar-refractivity contribution is -0.142. The number of nitrogens with zero attached hydrogens (tertiary/aromatic N) is 3. The van der Waals surface area contributed by atoms with E-state index in [0.717, 1.165) is 75.1 Å². The van der Waals surface area contributed by atoms with Crippen LogP contribution in [0.5, 0.6) is 0 Å². The molecule has 44 heavy (non-hydrogen) atoms. The van der Waals surface area contributed by atoms with E-state index in [1.165, 1.54) is 0 Å². The Bertz CT molecular complexity index is 1250. The quantitative estimate of drug-likeness (QED) is 0.340. The third kappa shape index (κ3) is 7.04. The Morgan fingerprint density at radius 1 is 1.23 bits per heavy atom. The molecule has 0 spiro atoms. The Morgan fingerprint density at radius 2 is 2.05 bits per heavy atom.